The minimum Gasteiger partial charge on any atom is -0.465 e. The standard InChI is InChI=1S/C30H51N4O7P/c1-20(2)14-24(27(35)33-25(15-21(3)4)28(36)31-7)18-42(40,41-8)19-32-29(37)26(16-22(5)6)34(30(38)39)17-23-12-10-9-11-13-23/h9-13,20-22,24-26H,14-19H2,1-8H3,(H,31,36)(H,32,37)(H,33,35)(H,38,39)/t24-,25+,26+,42?/m1/s1. The van der Waals surface area contributed by atoms with Crippen molar-refractivity contribution in [2.24, 2.45) is 23.7 Å². The zero-order valence-electron chi connectivity index (χ0n) is 26.4. The van der Waals surface area contributed by atoms with Gasteiger partial charge in [0.25, 0.3) is 0 Å². The van der Waals surface area contributed by atoms with Crippen molar-refractivity contribution in [1.82, 2.24) is 20.9 Å². The lowest BCUT2D eigenvalue weighted by atomic mass is 9.96. The van der Waals surface area contributed by atoms with Gasteiger partial charge in [-0.05, 0) is 42.6 Å². The van der Waals surface area contributed by atoms with Crippen LogP contribution in [0, 0.1) is 23.7 Å². The van der Waals surface area contributed by atoms with Crippen LogP contribution < -0.4 is 16.0 Å². The molecule has 0 aliphatic carbocycles. The first kappa shape index (κ1) is 37.1. The molecular weight excluding hydrogens is 559 g/mol. The predicted octanol–water partition coefficient (Wildman–Crippen LogP) is 4.52. The number of amides is 4. The lowest BCUT2D eigenvalue weighted by molar-refractivity contribution is -0.131. The Kier molecular flexibility index (Phi) is 15.8. The molecule has 0 aliphatic heterocycles. The molecule has 1 aromatic carbocycles. The summed E-state index contributed by atoms with van der Waals surface area (Å²) in [4.78, 5) is 52.5. The summed E-state index contributed by atoms with van der Waals surface area (Å²) in [7, 11) is -0.797. The van der Waals surface area contributed by atoms with E-state index >= 15 is 0 Å². The minimum absolute atomic E-state index is 0.00540. The highest BCUT2D eigenvalue weighted by Crippen LogP contribution is 2.47. The molecule has 11 nitrogen and oxygen atoms in total. The Hall–Kier alpha value is -2.91. The maximum Gasteiger partial charge on any atom is 0.408 e. The van der Waals surface area contributed by atoms with Gasteiger partial charge in [-0.25, -0.2) is 4.79 Å². The van der Waals surface area contributed by atoms with Gasteiger partial charge in [0.1, 0.15) is 12.1 Å². The molecular formula is C30H51N4O7P. The van der Waals surface area contributed by atoms with E-state index in [0.717, 1.165) is 10.5 Å². The number of hydrogen-bond donors (Lipinski definition) is 4. The monoisotopic (exact) mass is 610 g/mol. The largest absolute Gasteiger partial charge is 0.465 e. The van der Waals surface area contributed by atoms with Crippen molar-refractivity contribution in [3.05, 3.63) is 35.9 Å². The summed E-state index contributed by atoms with van der Waals surface area (Å²) in [5.74, 6) is -1.78. The molecule has 0 bridgehead atoms. The smallest absolute Gasteiger partial charge is 0.408 e. The van der Waals surface area contributed by atoms with Crippen molar-refractivity contribution < 1.29 is 33.4 Å². The van der Waals surface area contributed by atoms with Gasteiger partial charge in [0.15, 0.2) is 0 Å². The van der Waals surface area contributed by atoms with Gasteiger partial charge in [-0.3, -0.25) is 23.8 Å². The summed E-state index contributed by atoms with van der Waals surface area (Å²) < 4.78 is 19.3. The van der Waals surface area contributed by atoms with Gasteiger partial charge in [-0.2, -0.15) is 0 Å². The van der Waals surface area contributed by atoms with Crippen LogP contribution >= 0.6 is 7.37 Å². The molecule has 0 aromatic heterocycles. The van der Waals surface area contributed by atoms with Gasteiger partial charge in [-0.15, -0.1) is 0 Å². The first-order valence-electron chi connectivity index (χ1n) is 14.6. The van der Waals surface area contributed by atoms with Crippen LogP contribution in [0.3, 0.4) is 0 Å². The summed E-state index contributed by atoms with van der Waals surface area (Å²) in [5.41, 5.74) is 0.735. The molecule has 0 radical (unpaired) electrons. The Morgan fingerprint density at radius 2 is 1.45 bits per heavy atom. The first-order valence-corrected chi connectivity index (χ1v) is 16.6. The zero-order chi connectivity index (χ0) is 32.0. The van der Waals surface area contributed by atoms with Crippen LogP contribution in [0.5, 0.6) is 0 Å². The van der Waals surface area contributed by atoms with Crippen LogP contribution in [-0.2, 0) is 30.0 Å². The number of hydrogen-bond acceptors (Lipinski definition) is 6. The summed E-state index contributed by atoms with van der Waals surface area (Å²) >= 11 is 0. The Bertz CT molecular complexity index is 1060. The van der Waals surface area contributed by atoms with E-state index < -0.39 is 43.3 Å². The normalized spacial score (nSPS) is 15.0. The third-order valence-electron chi connectivity index (χ3n) is 6.85. The highest BCUT2D eigenvalue weighted by atomic mass is 31.2. The molecule has 0 saturated carbocycles. The quantitative estimate of drug-likeness (QED) is 0.178. The van der Waals surface area contributed by atoms with E-state index in [9.17, 15) is 28.8 Å². The van der Waals surface area contributed by atoms with Crippen LogP contribution in [0.1, 0.15) is 66.4 Å². The van der Waals surface area contributed by atoms with E-state index in [1.165, 1.54) is 14.2 Å². The molecule has 0 heterocycles. The molecule has 0 spiro atoms. The molecule has 4 N–H and O–H groups in total. The molecule has 238 valence electrons. The van der Waals surface area contributed by atoms with Gasteiger partial charge in [0.05, 0.1) is 6.29 Å². The summed E-state index contributed by atoms with van der Waals surface area (Å²) in [5, 5.41) is 18.0. The number of rotatable bonds is 18. The van der Waals surface area contributed by atoms with Crippen molar-refractivity contribution in [1.29, 1.82) is 0 Å². The van der Waals surface area contributed by atoms with E-state index in [1.807, 2.05) is 47.6 Å². The average Bonchev–Trinajstić information content (AvgIpc) is 2.92. The Labute approximate surface area is 251 Å². The second kappa shape index (κ2) is 17.9. The van der Waals surface area contributed by atoms with Gasteiger partial charge >= 0.3 is 6.09 Å². The Morgan fingerprint density at radius 1 is 0.881 bits per heavy atom. The fourth-order valence-corrected chi connectivity index (χ4v) is 6.56. The predicted molar refractivity (Wildman–Crippen MR) is 164 cm³/mol. The van der Waals surface area contributed by atoms with Crippen molar-refractivity contribution in [3.63, 3.8) is 0 Å². The summed E-state index contributed by atoms with van der Waals surface area (Å²) in [6.45, 7) is 11.6. The van der Waals surface area contributed by atoms with Crippen molar-refractivity contribution in [2.45, 2.75) is 79.4 Å². The molecule has 42 heavy (non-hydrogen) atoms. The minimum atomic E-state index is -3.58. The Balaban J connectivity index is 3.14. The SMILES string of the molecule is CNC(=O)[C@H](CC(C)C)NC(=O)[C@H](CC(C)C)CP(=O)(CNC(=O)[C@H](CC(C)C)N(Cc1ccccc1)C(=O)O)OC. The van der Waals surface area contributed by atoms with E-state index in [4.69, 9.17) is 4.52 Å². The molecule has 12 heteroatoms. The maximum absolute atomic E-state index is 13.8. The van der Waals surface area contributed by atoms with E-state index in [2.05, 4.69) is 16.0 Å². The van der Waals surface area contributed by atoms with E-state index in [0.29, 0.717) is 12.8 Å². The molecule has 0 fully saturated rings. The summed E-state index contributed by atoms with van der Waals surface area (Å²) in [6.07, 6.45) is -0.639. The Morgan fingerprint density at radius 3 is 1.93 bits per heavy atom. The van der Waals surface area contributed by atoms with Crippen molar-refractivity contribution in [3.8, 4) is 0 Å². The van der Waals surface area contributed by atoms with Crippen LogP contribution in [0.15, 0.2) is 30.3 Å². The van der Waals surface area contributed by atoms with Crippen LogP contribution in [0.4, 0.5) is 4.79 Å². The van der Waals surface area contributed by atoms with Gasteiger partial charge in [0.2, 0.25) is 25.1 Å². The molecule has 4 atom stereocenters. The van der Waals surface area contributed by atoms with Gasteiger partial charge in [-0.1, -0.05) is 71.9 Å². The molecule has 0 saturated heterocycles. The van der Waals surface area contributed by atoms with Crippen LogP contribution in [-0.4, -0.2) is 72.5 Å². The number of carbonyl (C=O) groups excluding carboxylic acids is 3. The number of carbonyl (C=O) groups is 4. The highest BCUT2D eigenvalue weighted by Gasteiger charge is 2.36. The maximum atomic E-state index is 13.8. The molecule has 4 amide bonds. The van der Waals surface area contributed by atoms with Crippen molar-refractivity contribution >= 4 is 31.2 Å². The fraction of sp³-hybridized carbons (Fsp3) is 0.667. The first-order chi connectivity index (χ1) is 19.6. The average molecular weight is 611 g/mol. The second-order valence-electron chi connectivity index (χ2n) is 12.1. The highest BCUT2D eigenvalue weighted by molar-refractivity contribution is 7.59. The fourth-order valence-electron chi connectivity index (χ4n) is 4.77. The third kappa shape index (κ3) is 12.9. The summed E-state index contributed by atoms with van der Waals surface area (Å²) in [6, 6.07) is 7.24. The van der Waals surface area contributed by atoms with Gasteiger partial charge < -0.3 is 25.6 Å². The number of carboxylic acid groups (broad SMARTS) is 1. The molecule has 0 aliphatic rings. The second-order valence-corrected chi connectivity index (χ2v) is 14.7. The molecule has 1 rings (SSSR count). The lowest BCUT2D eigenvalue weighted by Gasteiger charge is -2.31. The van der Waals surface area contributed by atoms with E-state index in [-0.39, 0.29) is 49.1 Å². The zero-order valence-corrected chi connectivity index (χ0v) is 27.3. The van der Waals surface area contributed by atoms with Crippen LogP contribution in [0.25, 0.3) is 0 Å². The van der Waals surface area contributed by atoms with Gasteiger partial charge in [0, 0.05) is 32.8 Å². The van der Waals surface area contributed by atoms with E-state index in [1.54, 1.807) is 24.3 Å². The lowest BCUT2D eigenvalue weighted by Crippen LogP contribution is -2.50. The third-order valence-corrected chi connectivity index (χ3v) is 9.16. The van der Waals surface area contributed by atoms with Crippen LogP contribution in [0.2, 0.25) is 0 Å². The molecule has 1 unspecified atom stereocenters. The number of benzene rings is 1. The molecule has 1 aromatic rings. The number of nitrogens with zero attached hydrogens (tertiary/aromatic N) is 1. The number of nitrogens with one attached hydrogen (secondary N) is 3. The van der Waals surface area contributed by atoms with Crippen molar-refractivity contribution in [2.75, 3.05) is 26.6 Å². The topological polar surface area (TPSA) is 154 Å². The number of likely N-dealkylation sites (N-methyl/N-ethyl adjacent to an activating group) is 1.